The molecule has 1 aliphatic rings. The number of rotatable bonds is 3. The van der Waals surface area contributed by atoms with Gasteiger partial charge >= 0.3 is 0 Å². The maximum absolute atomic E-state index is 11.9. The summed E-state index contributed by atoms with van der Waals surface area (Å²) in [5, 5.41) is 3.35. The molecule has 2 rings (SSSR count). The Balaban J connectivity index is 1.90. The van der Waals surface area contributed by atoms with E-state index < -0.39 is 0 Å². The molecular formula is C14H19ClN2O. The van der Waals surface area contributed by atoms with Crippen molar-refractivity contribution >= 4 is 28.9 Å². The van der Waals surface area contributed by atoms with Crippen molar-refractivity contribution in [3.05, 3.63) is 23.2 Å². The number of hydrogen-bond acceptors (Lipinski definition) is 2. The van der Waals surface area contributed by atoms with Crippen molar-refractivity contribution in [1.29, 1.82) is 0 Å². The summed E-state index contributed by atoms with van der Waals surface area (Å²) in [6.45, 7) is 0. The summed E-state index contributed by atoms with van der Waals surface area (Å²) in [6, 6.07) is 5.14. The van der Waals surface area contributed by atoms with Crippen LogP contribution in [0.4, 0.5) is 11.4 Å². The molecule has 1 aromatic rings. The highest BCUT2D eigenvalue weighted by Crippen LogP contribution is 2.28. The number of anilines is 2. The predicted octanol–water partition coefficient (Wildman–Crippen LogP) is 3.83. The van der Waals surface area contributed by atoms with Crippen molar-refractivity contribution in [1.82, 2.24) is 0 Å². The number of carbonyl (C=O) groups is 1. The lowest BCUT2D eigenvalue weighted by Crippen LogP contribution is -2.18. The second kappa shape index (κ2) is 6.10. The van der Waals surface area contributed by atoms with Gasteiger partial charge in [-0.15, -0.1) is 0 Å². The molecule has 18 heavy (non-hydrogen) atoms. The molecule has 1 amide bonds. The van der Waals surface area contributed by atoms with Crippen molar-refractivity contribution in [2.24, 2.45) is 5.92 Å². The van der Waals surface area contributed by atoms with E-state index >= 15 is 0 Å². The second-order valence-corrected chi connectivity index (χ2v) is 5.40. The number of carbonyl (C=O) groups excluding carboxylic acids is 1. The Morgan fingerprint density at radius 3 is 2.72 bits per heavy atom. The van der Waals surface area contributed by atoms with Crippen LogP contribution < -0.4 is 11.1 Å². The van der Waals surface area contributed by atoms with E-state index in [1.807, 2.05) is 0 Å². The SMILES string of the molecule is Nc1ccc(NC(=O)CC2CCCCC2)c(Cl)c1. The molecule has 1 aromatic carbocycles. The summed E-state index contributed by atoms with van der Waals surface area (Å²) < 4.78 is 0. The smallest absolute Gasteiger partial charge is 0.224 e. The number of halogens is 1. The molecule has 1 aliphatic carbocycles. The van der Waals surface area contributed by atoms with E-state index in [0.717, 1.165) is 0 Å². The van der Waals surface area contributed by atoms with Gasteiger partial charge < -0.3 is 11.1 Å². The molecule has 0 bridgehead atoms. The van der Waals surface area contributed by atoms with E-state index in [1.54, 1.807) is 18.2 Å². The van der Waals surface area contributed by atoms with Crippen LogP contribution in [0.25, 0.3) is 0 Å². The number of benzene rings is 1. The van der Waals surface area contributed by atoms with Crippen molar-refractivity contribution in [3.63, 3.8) is 0 Å². The van der Waals surface area contributed by atoms with Crippen LogP contribution in [0.5, 0.6) is 0 Å². The zero-order chi connectivity index (χ0) is 13.0. The van der Waals surface area contributed by atoms with Crippen molar-refractivity contribution in [2.45, 2.75) is 38.5 Å². The number of amides is 1. The van der Waals surface area contributed by atoms with Crippen molar-refractivity contribution in [2.75, 3.05) is 11.1 Å². The van der Waals surface area contributed by atoms with E-state index in [-0.39, 0.29) is 5.91 Å². The third-order valence-electron chi connectivity index (χ3n) is 3.47. The van der Waals surface area contributed by atoms with Crippen molar-refractivity contribution in [3.8, 4) is 0 Å². The minimum absolute atomic E-state index is 0.0496. The quantitative estimate of drug-likeness (QED) is 0.817. The molecule has 1 saturated carbocycles. The lowest BCUT2D eigenvalue weighted by molar-refractivity contribution is -0.117. The largest absolute Gasteiger partial charge is 0.399 e. The fourth-order valence-electron chi connectivity index (χ4n) is 2.49. The van der Waals surface area contributed by atoms with Gasteiger partial charge in [-0.2, -0.15) is 0 Å². The standard InChI is InChI=1S/C14H19ClN2O/c15-12-9-11(16)6-7-13(12)17-14(18)8-10-4-2-1-3-5-10/h6-7,9-10H,1-5,8,16H2,(H,17,18). The minimum atomic E-state index is 0.0496. The van der Waals surface area contributed by atoms with Crippen LogP contribution in [0.2, 0.25) is 5.02 Å². The minimum Gasteiger partial charge on any atom is -0.399 e. The molecule has 1 fully saturated rings. The highest BCUT2D eigenvalue weighted by atomic mass is 35.5. The van der Waals surface area contributed by atoms with Crippen LogP contribution in [0.3, 0.4) is 0 Å². The predicted molar refractivity (Wildman–Crippen MR) is 75.7 cm³/mol. The zero-order valence-corrected chi connectivity index (χ0v) is 11.2. The summed E-state index contributed by atoms with van der Waals surface area (Å²) in [5.74, 6) is 0.583. The van der Waals surface area contributed by atoms with Crippen LogP contribution in [-0.4, -0.2) is 5.91 Å². The molecule has 0 heterocycles. The van der Waals surface area contributed by atoms with E-state index in [2.05, 4.69) is 5.32 Å². The number of nitrogens with two attached hydrogens (primary N) is 1. The third-order valence-corrected chi connectivity index (χ3v) is 3.78. The Bertz CT molecular complexity index is 428. The van der Waals surface area contributed by atoms with E-state index in [0.29, 0.717) is 28.7 Å². The molecule has 0 spiro atoms. The first-order valence-corrected chi connectivity index (χ1v) is 6.88. The Morgan fingerprint density at radius 1 is 1.33 bits per heavy atom. The van der Waals surface area contributed by atoms with Gasteiger partial charge in [-0.05, 0) is 37.0 Å². The third kappa shape index (κ3) is 3.64. The molecule has 0 aromatic heterocycles. The molecule has 0 atom stereocenters. The first-order chi connectivity index (χ1) is 8.65. The van der Waals surface area contributed by atoms with Crippen LogP contribution in [0.1, 0.15) is 38.5 Å². The monoisotopic (exact) mass is 266 g/mol. The van der Waals surface area contributed by atoms with E-state index in [4.69, 9.17) is 17.3 Å². The number of nitrogens with one attached hydrogen (secondary N) is 1. The maximum Gasteiger partial charge on any atom is 0.224 e. The topological polar surface area (TPSA) is 55.1 Å². The Labute approximate surface area is 113 Å². The molecule has 0 saturated heterocycles. The molecule has 3 nitrogen and oxygen atoms in total. The molecule has 98 valence electrons. The lowest BCUT2D eigenvalue weighted by Gasteiger charge is -2.21. The maximum atomic E-state index is 11.9. The van der Waals surface area contributed by atoms with Gasteiger partial charge in [0.2, 0.25) is 5.91 Å². The highest BCUT2D eigenvalue weighted by molar-refractivity contribution is 6.34. The van der Waals surface area contributed by atoms with Gasteiger partial charge in [0.15, 0.2) is 0 Å². The summed E-state index contributed by atoms with van der Waals surface area (Å²) in [7, 11) is 0. The van der Waals surface area contributed by atoms with E-state index in [1.165, 1.54) is 32.1 Å². The second-order valence-electron chi connectivity index (χ2n) is 5.00. The lowest BCUT2D eigenvalue weighted by atomic mass is 9.87. The number of hydrogen-bond donors (Lipinski definition) is 2. The van der Waals surface area contributed by atoms with Gasteiger partial charge in [0.05, 0.1) is 10.7 Å². The Kier molecular flexibility index (Phi) is 4.48. The normalized spacial score (nSPS) is 16.5. The van der Waals surface area contributed by atoms with Gasteiger partial charge in [0.1, 0.15) is 0 Å². The fraction of sp³-hybridized carbons (Fsp3) is 0.500. The molecule has 4 heteroatoms. The average molecular weight is 267 g/mol. The first-order valence-electron chi connectivity index (χ1n) is 6.50. The Hall–Kier alpha value is -1.22. The van der Waals surface area contributed by atoms with Gasteiger partial charge in [0, 0.05) is 12.1 Å². The highest BCUT2D eigenvalue weighted by Gasteiger charge is 2.17. The van der Waals surface area contributed by atoms with Crippen LogP contribution >= 0.6 is 11.6 Å². The van der Waals surface area contributed by atoms with Gasteiger partial charge in [-0.25, -0.2) is 0 Å². The molecule has 0 radical (unpaired) electrons. The Morgan fingerprint density at radius 2 is 2.06 bits per heavy atom. The molecular weight excluding hydrogens is 248 g/mol. The van der Waals surface area contributed by atoms with Crippen LogP contribution in [-0.2, 0) is 4.79 Å². The summed E-state index contributed by atoms with van der Waals surface area (Å²) in [5.41, 5.74) is 6.86. The van der Waals surface area contributed by atoms with Crippen LogP contribution in [0.15, 0.2) is 18.2 Å². The zero-order valence-electron chi connectivity index (χ0n) is 10.4. The molecule has 3 N–H and O–H groups in total. The van der Waals surface area contributed by atoms with Gasteiger partial charge in [-0.3, -0.25) is 4.79 Å². The fourth-order valence-corrected chi connectivity index (χ4v) is 2.72. The average Bonchev–Trinajstić information content (AvgIpc) is 2.34. The first kappa shape index (κ1) is 13.2. The molecule has 0 unspecified atom stereocenters. The summed E-state index contributed by atoms with van der Waals surface area (Å²) in [6.07, 6.45) is 6.75. The summed E-state index contributed by atoms with van der Waals surface area (Å²) in [4.78, 5) is 11.9. The van der Waals surface area contributed by atoms with Gasteiger partial charge in [0.25, 0.3) is 0 Å². The van der Waals surface area contributed by atoms with Crippen LogP contribution in [0, 0.1) is 5.92 Å². The molecule has 0 aliphatic heterocycles. The number of nitrogen functional groups attached to an aromatic ring is 1. The van der Waals surface area contributed by atoms with E-state index in [9.17, 15) is 4.79 Å². The van der Waals surface area contributed by atoms with Gasteiger partial charge in [-0.1, -0.05) is 30.9 Å². The van der Waals surface area contributed by atoms with Crippen molar-refractivity contribution < 1.29 is 4.79 Å². The summed E-state index contributed by atoms with van der Waals surface area (Å²) >= 11 is 6.02.